The highest BCUT2D eigenvalue weighted by Crippen LogP contribution is 2.32. The Labute approximate surface area is 173 Å². The van der Waals surface area contributed by atoms with E-state index in [-0.39, 0.29) is 0 Å². The summed E-state index contributed by atoms with van der Waals surface area (Å²) in [6.07, 6.45) is 0. The van der Waals surface area contributed by atoms with Crippen LogP contribution in [0.3, 0.4) is 0 Å². The molecule has 0 aliphatic rings. The molecule has 142 valence electrons. The summed E-state index contributed by atoms with van der Waals surface area (Å²) in [7, 11) is 1.95. The van der Waals surface area contributed by atoms with Crippen molar-refractivity contribution in [2.24, 2.45) is 13.0 Å². The minimum absolute atomic E-state index is 0.495. The van der Waals surface area contributed by atoms with Crippen molar-refractivity contribution in [1.82, 2.24) is 14.8 Å². The van der Waals surface area contributed by atoms with Gasteiger partial charge in [0, 0.05) is 28.4 Å². The zero-order valence-electron chi connectivity index (χ0n) is 15.4. The molecule has 0 fully saturated rings. The third kappa shape index (κ3) is 4.98. The van der Waals surface area contributed by atoms with Crippen LogP contribution in [0.15, 0.2) is 47.6 Å². The van der Waals surface area contributed by atoms with Gasteiger partial charge < -0.3 is 9.30 Å². The Kier molecular flexibility index (Phi) is 6.68. The second-order valence-corrected chi connectivity index (χ2v) is 8.34. The van der Waals surface area contributed by atoms with Crippen LogP contribution in [0.25, 0.3) is 11.4 Å². The van der Waals surface area contributed by atoms with Crippen molar-refractivity contribution in [2.75, 3.05) is 6.61 Å². The monoisotopic (exact) mass is 421 g/mol. The normalized spacial score (nSPS) is 11.2. The zero-order chi connectivity index (χ0) is 19.4. The zero-order valence-corrected chi connectivity index (χ0v) is 17.8. The number of aromatic nitrogens is 3. The molecule has 0 spiro atoms. The molecule has 2 aromatic carbocycles. The predicted molar refractivity (Wildman–Crippen MR) is 113 cm³/mol. The third-order valence-electron chi connectivity index (χ3n) is 3.94. The molecular weight excluding hydrogens is 401 g/mol. The van der Waals surface area contributed by atoms with Crippen LogP contribution >= 0.6 is 35.0 Å². The smallest absolute Gasteiger partial charge is 0.191 e. The Morgan fingerprint density at radius 2 is 1.70 bits per heavy atom. The maximum Gasteiger partial charge on any atom is 0.191 e. The molecule has 3 aromatic rings. The van der Waals surface area contributed by atoms with Crippen molar-refractivity contribution >= 4 is 35.0 Å². The molecule has 1 aromatic heterocycles. The standard InChI is InChI=1S/C20H21Cl2N3OS/c1-13(2)11-26-15-9-7-14(8-10-15)19-23-24-20(25(19)3)27-12-16-17(21)5-4-6-18(16)22/h4-10,13H,11-12H2,1-3H3. The third-order valence-corrected chi connectivity index (χ3v) is 5.69. The van der Waals surface area contributed by atoms with Crippen LogP contribution in [0.4, 0.5) is 0 Å². The van der Waals surface area contributed by atoms with E-state index in [2.05, 4.69) is 24.0 Å². The molecular formula is C20H21Cl2N3OS. The first-order valence-electron chi connectivity index (χ1n) is 8.64. The maximum atomic E-state index is 6.24. The second kappa shape index (κ2) is 9.00. The predicted octanol–water partition coefficient (Wildman–Crippen LogP) is 6.12. The van der Waals surface area contributed by atoms with Crippen LogP contribution in [0.1, 0.15) is 19.4 Å². The SMILES string of the molecule is CC(C)COc1ccc(-c2nnc(SCc3c(Cl)cccc3Cl)n2C)cc1. The van der Waals surface area contributed by atoms with E-state index in [1.165, 1.54) is 0 Å². The summed E-state index contributed by atoms with van der Waals surface area (Å²) in [5.41, 5.74) is 1.89. The molecule has 0 atom stereocenters. The van der Waals surface area contributed by atoms with Gasteiger partial charge in [0.25, 0.3) is 0 Å². The van der Waals surface area contributed by atoms with E-state index < -0.39 is 0 Å². The van der Waals surface area contributed by atoms with Crippen molar-refractivity contribution in [2.45, 2.75) is 24.8 Å². The highest BCUT2D eigenvalue weighted by molar-refractivity contribution is 7.98. The van der Waals surface area contributed by atoms with Gasteiger partial charge in [0.05, 0.1) is 6.61 Å². The molecule has 0 saturated carbocycles. The summed E-state index contributed by atoms with van der Waals surface area (Å²) in [5, 5.41) is 10.8. The quantitative estimate of drug-likeness (QED) is 0.431. The number of hydrogen-bond donors (Lipinski definition) is 0. The van der Waals surface area contributed by atoms with Crippen LogP contribution in [-0.2, 0) is 12.8 Å². The van der Waals surface area contributed by atoms with E-state index in [0.29, 0.717) is 28.3 Å². The van der Waals surface area contributed by atoms with Gasteiger partial charge in [-0.2, -0.15) is 0 Å². The fourth-order valence-corrected chi connectivity index (χ4v) is 4.11. The van der Waals surface area contributed by atoms with Gasteiger partial charge >= 0.3 is 0 Å². The first kappa shape index (κ1) is 20.1. The van der Waals surface area contributed by atoms with Crippen LogP contribution in [0.2, 0.25) is 10.0 Å². The fourth-order valence-electron chi connectivity index (χ4n) is 2.46. The van der Waals surface area contributed by atoms with E-state index in [4.69, 9.17) is 27.9 Å². The average Bonchev–Trinajstić information content (AvgIpc) is 3.01. The summed E-state index contributed by atoms with van der Waals surface area (Å²) < 4.78 is 7.70. The van der Waals surface area contributed by atoms with Crippen LogP contribution < -0.4 is 4.74 Å². The number of rotatable bonds is 7. The summed E-state index contributed by atoms with van der Waals surface area (Å²) >= 11 is 14.0. The van der Waals surface area contributed by atoms with Gasteiger partial charge in [-0.05, 0) is 47.9 Å². The molecule has 0 aliphatic heterocycles. The Morgan fingerprint density at radius 3 is 2.33 bits per heavy atom. The number of benzene rings is 2. The van der Waals surface area contributed by atoms with Crippen molar-refractivity contribution in [1.29, 1.82) is 0 Å². The molecule has 27 heavy (non-hydrogen) atoms. The Balaban J connectivity index is 1.71. The summed E-state index contributed by atoms with van der Waals surface area (Å²) in [6, 6.07) is 13.4. The minimum Gasteiger partial charge on any atom is -0.493 e. The summed E-state index contributed by atoms with van der Waals surface area (Å²) in [4.78, 5) is 0. The van der Waals surface area contributed by atoms with Gasteiger partial charge in [-0.1, -0.05) is 54.9 Å². The summed E-state index contributed by atoms with van der Waals surface area (Å²) in [6.45, 7) is 4.96. The first-order chi connectivity index (χ1) is 13.0. The minimum atomic E-state index is 0.495. The average molecular weight is 422 g/mol. The van der Waals surface area contributed by atoms with Crippen molar-refractivity contribution < 1.29 is 4.74 Å². The van der Waals surface area contributed by atoms with Gasteiger partial charge in [-0.15, -0.1) is 10.2 Å². The van der Waals surface area contributed by atoms with Crippen LogP contribution in [0.5, 0.6) is 5.75 Å². The number of halogens is 2. The molecule has 0 amide bonds. The van der Waals surface area contributed by atoms with E-state index >= 15 is 0 Å². The molecule has 0 radical (unpaired) electrons. The van der Waals surface area contributed by atoms with Crippen molar-refractivity contribution in [3.05, 3.63) is 58.1 Å². The lowest BCUT2D eigenvalue weighted by molar-refractivity contribution is 0.271. The van der Waals surface area contributed by atoms with Gasteiger partial charge in [0.15, 0.2) is 11.0 Å². The van der Waals surface area contributed by atoms with Crippen LogP contribution in [-0.4, -0.2) is 21.4 Å². The highest BCUT2D eigenvalue weighted by atomic mass is 35.5. The van der Waals surface area contributed by atoms with E-state index in [1.54, 1.807) is 11.8 Å². The number of hydrogen-bond acceptors (Lipinski definition) is 4. The fraction of sp³-hybridized carbons (Fsp3) is 0.300. The largest absolute Gasteiger partial charge is 0.493 e. The first-order valence-corrected chi connectivity index (χ1v) is 10.4. The highest BCUT2D eigenvalue weighted by Gasteiger charge is 2.13. The topological polar surface area (TPSA) is 39.9 Å². The molecule has 1 heterocycles. The van der Waals surface area contributed by atoms with Gasteiger partial charge in [-0.25, -0.2) is 0 Å². The molecule has 4 nitrogen and oxygen atoms in total. The second-order valence-electron chi connectivity index (χ2n) is 6.58. The van der Waals surface area contributed by atoms with E-state index in [9.17, 15) is 0 Å². The van der Waals surface area contributed by atoms with Crippen LogP contribution in [0, 0.1) is 5.92 Å². The molecule has 0 saturated heterocycles. The maximum absolute atomic E-state index is 6.24. The number of nitrogens with zero attached hydrogens (tertiary/aromatic N) is 3. The van der Waals surface area contributed by atoms with E-state index in [1.807, 2.05) is 54.1 Å². The van der Waals surface area contributed by atoms with Crippen molar-refractivity contribution in [3.63, 3.8) is 0 Å². The molecule has 0 bridgehead atoms. The van der Waals surface area contributed by atoms with Gasteiger partial charge in [0.1, 0.15) is 5.75 Å². The lowest BCUT2D eigenvalue weighted by Gasteiger charge is -2.09. The molecule has 0 unspecified atom stereocenters. The summed E-state index contributed by atoms with van der Waals surface area (Å²) in [5.74, 6) is 2.79. The molecule has 7 heteroatoms. The van der Waals surface area contributed by atoms with E-state index in [0.717, 1.165) is 27.9 Å². The molecule has 3 rings (SSSR count). The molecule has 0 aliphatic carbocycles. The Morgan fingerprint density at radius 1 is 1.04 bits per heavy atom. The molecule has 0 N–H and O–H groups in total. The number of ether oxygens (including phenoxy) is 1. The van der Waals surface area contributed by atoms with Gasteiger partial charge in [-0.3, -0.25) is 0 Å². The Bertz CT molecular complexity index is 890. The van der Waals surface area contributed by atoms with Crippen molar-refractivity contribution in [3.8, 4) is 17.1 Å². The Hall–Kier alpha value is -1.69. The van der Waals surface area contributed by atoms with Gasteiger partial charge in [0.2, 0.25) is 0 Å². The lowest BCUT2D eigenvalue weighted by atomic mass is 10.2. The lowest BCUT2D eigenvalue weighted by Crippen LogP contribution is -2.04. The number of thioether (sulfide) groups is 1.